The van der Waals surface area contributed by atoms with Crippen LogP contribution in [-0.2, 0) is 0 Å². The highest BCUT2D eigenvalue weighted by atomic mass is 19.1. The number of rotatable bonds is 6. The molecule has 1 aliphatic carbocycles. The fraction of sp³-hybridized carbons (Fsp3) is 0.222. The van der Waals surface area contributed by atoms with Gasteiger partial charge < -0.3 is 9.47 Å². The predicted octanol–water partition coefficient (Wildman–Crippen LogP) is 6.07. The summed E-state index contributed by atoms with van der Waals surface area (Å²) in [6.07, 6.45) is 9.28. The topological polar surface area (TPSA) is 73.0 Å². The molecule has 6 nitrogen and oxygen atoms in total. The largest absolute Gasteiger partial charge is 0.493 e. The van der Waals surface area contributed by atoms with Crippen molar-refractivity contribution in [1.82, 2.24) is 14.5 Å². The van der Waals surface area contributed by atoms with Gasteiger partial charge >= 0.3 is 0 Å². The van der Waals surface area contributed by atoms with E-state index in [4.69, 9.17) is 14.7 Å². The molecule has 0 unspecified atom stereocenters. The van der Waals surface area contributed by atoms with E-state index in [9.17, 15) is 8.78 Å². The van der Waals surface area contributed by atoms with Gasteiger partial charge in [-0.05, 0) is 56.0 Å². The highest BCUT2D eigenvalue weighted by Gasteiger charge is 2.21. The monoisotopic (exact) mass is 472 g/mol. The Morgan fingerprint density at radius 2 is 1.94 bits per heavy atom. The van der Waals surface area contributed by atoms with Gasteiger partial charge in [0.1, 0.15) is 29.0 Å². The van der Waals surface area contributed by atoms with E-state index in [-0.39, 0.29) is 17.1 Å². The number of halogens is 2. The van der Waals surface area contributed by atoms with Gasteiger partial charge in [0, 0.05) is 23.9 Å². The van der Waals surface area contributed by atoms with E-state index in [1.807, 2.05) is 30.3 Å². The number of methoxy groups -OCH3 is 1. The Hall–Kier alpha value is -4.25. The molecule has 2 heterocycles. The maximum Gasteiger partial charge on any atom is 0.168 e. The summed E-state index contributed by atoms with van der Waals surface area (Å²) in [5.41, 5.74) is 1.39. The minimum absolute atomic E-state index is 0.0938. The summed E-state index contributed by atoms with van der Waals surface area (Å²) >= 11 is 0. The van der Waals surface area contributed by atoms with E-state index in [1.165, 1.54) is 16.8 Å². The summed E-state index contributed by atoms with van der Waals surface area (Å²) in [6.45, 7) is 0. The summed E-state index contributed by atoms with van der Waals surface area (Å²) in [6, 6.07) is 12.8. The van der Waals surface area contributed by atoms with Crippen molar-refractivity contribution in [2.45, 2.75) is 31.8 Å². The Labute approximate surface area is 201 Å². The molecule has 4 aromatic rings. The Morgan fingerprint density at radius 1 is 1.11 bits per heavy atom. The van der Waals surface area contributed by atoms with Crippen molar-refractivity contribution < 1.29 is 18.3 Å². The number of benzene rings is 2. The van der Waals surface area contributed by atoms with Crippen LogP contribution in [0.1, 0.15) is 42.6 Å². The summed E-state index contributed by atoms with van der Waals surface area (Å²) in [4.78, 5) is 8.76. The van der Waals surface area contributed by atoms with Crippen LogP contribution in [0.25, 0.3) is 29.0 Å². The van der Waals surface area contributed by atoms with E-state index in [1.54, 1.807) is 25.3 Å². The average Bonchev–Trinajstić information content (AvgIpc) is 3.51. The molecule has 1 aliphatic rings. The minimum Gasteiger partial charge on any atom is -0.493 e. The molecule has 2 aromatic heterocycles. The summed E-state index contributed by atoms with van der Waals surface area (Å²) in [5, 5.41) is 9.10. The lowest BCUT2D eigenvalue weighted by Gasteiger charge is -2.18. The molecule has 0 atom stereocenters. The number of hydrogen-bond donors (Lipinski definition) is 0. The molecule has 8 heteroatoms. The third-order valence-electron chi connectivity index (χ3n) is 6.03. The van der Waals surface area contributed by atoms with Gasteiger partial charge in [0.05, 0.1) is 24.3 Å². The molecule has 0 bridgehead atoms. The SMILES string of the molecule is COc1cccc(C=Cc2nc3cc(F)cc(F)c3n2-c2ccc(C#N)cn2)c1OC1CCCC1. The van der Waals surface area contributed by atoms with Crippen molar-refractivity contribution in [3.05, 3.63) is 77.2 Å². The molecule has 2 aromatic carbocycles. The second kappa shape index (κ2) is 9.55. The van der Waals surface area contributed by atoms with Crippen molar-refractivity contribution >= 4 is 23.2 Å². The Kier molecular flexibility index (Phi) is 6.15. The van der Waals surface area contributed by atoms with Crippen molar-refractivity contribution in [3.8, 4) is 23.4 Å². The van der Waals surface area contributed by atoms with Gasteiger partial charge in [-0.25, -0.2) is 18.7 Å². The molecule has 35 heavy (non-hydrogen) atoms. The number of nitriles is 1. The molecular formula is C27H22F2N4O2. The zero-order valence-electron chi connectivity index (χ0n) is 19.0. The van der Waals surface area contributed by atoms with Crippen molar-refractivity contribution in [1.29, 1.82) is 5.26 Å². The lowest BCUT2D eigenvalue weighted by molar-refractivity contribution is 0.200. The lowest BCUT2D eigenvalue weighted by Crippen LogP contribution is -2.12. The highest BCUT2D eigenvalue weighted by molar-refractivity contribution is 5.83. The van der Waals surface area contributed by atoms with Crippen LogP contribution in [0.3, 0.4) is 0 Å². The first-order chi connectivity index (χ1) is 17.1. The molecule has 0 spiro atoms. The van der Waals surface area contributed by atoms with Gasteiger partial charge in [0.15, 0.2) is 17.3 Å². The molecule has 5 rings (SSSR count). The molecule has 176 valence electrons. The maximum atomic E-state index is 14.9. The second-order valence-electron chi connectivity index (χ2n) is 8.31. The van der Waals surface area contributed by atoms with Crippen molar-refractivity contribution in [2.75, 3.05) is 7.11 Å². The van der Waals surface area contributed by atoms with Crippen LogP contribution in [0.5, 0.6) is 11.5 Å². The smallest absolute Gasteiger partial charge is 0.168 e. The van der Waals surface area contributed by atoms with Crippen LogP contribution in [0.4, 0.5) is 8.78 Å². The fourth-order valence-electron chi connectivity index (χ4n) is 4.36. The standard InChI is InChI=1S/C27H22F2N4O2/c1-34-23-8-4-5-18(27(23)35-20-6-2-3-7-20)10-12-25-32-22-14-19(28)13-21(29)26(22)33(25)24-11-9-17(15-30)16-31-24/h4-5,8-14,16,20H,2-3,6-7H2,1H3. The number of fused-ring (bicyclic) bond motifs is 1. The normalized spacial score (nSPS) is 14.0. The van der Waals surface area contributed by atoms with E-state index in [0.29, 0.717) is 28.7 Å². The number of ether oxygens (including phenoxy) is 2. The molecule has 1 saturated carbocycles. The van der Waals surface area contributed by atoms with Crippen LogP contribution < -0.4 is 9.47 Å². The third-order valence-corrected chi connectivity index (χ3v) is 6.03. The van der Waals surface area contributed by atoms with Crippen LogP contribution in [0, 0.1) is 23.0 Å². The number of hydrogen-bond acceptors (Lipinski definition) is 5. The number of aromatic nitrogens is 3. The molecule has 0 saturated heterocycles. The first-order valence-electron chi connectivity index (χ1n) is 11.3. The van der Waals surface area contributed by atoms with Crippen molar-refractivity contribution in [3.63, 3.8) is 0 Å². The number of para-hydroxylation sites is 1. The molecule has 1 fully saturated rings. The van der Waals surface area contributed by atoms with E-state index < -0.39 is 11.6 Å². The zero-order valence-corrected chi connectivity index (χ0v) is 19.0. The summed E-state index contributed by atoms with van der Waals surface area (Å²) in [5.74, 6) is 0.470. The Balaban J connectivity index is 1.62. The van der Waals surface area contributed by atoms with Crippen LogP contribution >= 0.6 is 0 Å². The third kappa shape index (κ3) is 4.45. The van der Waals surface area contributed by atoms with Gasteiger partial charge in [-0.3, -0.25) is 4.57 Å². The number of nitrogens with zero attached hydrogens (tertiary/aromatic N) is 4. The number of pyridine rings is 1. The first kappa shape index (κ1) is 22.5. The Bertz CT molecular complexity index is 1450. The molecule has 0 aliphatic heterocycles. The quantitative estimate of drug-likeness (QED) is 0.341. The van der Waals surface area contributed by atoms with Gasteiger partial charge in [0.2, 0.25) is 0 Å². The van der Waals surface area contributed by atoms with Crippen LogP contribution in [0.15, 0.2) is 48.7 Å². The zero-order chi connectivity index (χ0) is 24.4. The van der Waals surface area contributed by atoms with E-state index in [0.717, 1.165) is 37.3 Å². The average molecular weight is 472 g/mol. The van der Waals surface area contributed by atoms with Gasteiger partial charge in [0.25, 0.3) is 0 Å². The second-order valence-corrected chi connectivity index (χ2v) is 8.31. The van der Waals surface area contributed by atoms with Gasteiger partial charge in [-0.15, -0.1) is 0 Å². The first-order valence-corrected chi connectivity index (χ1v) is 11.3. The molecule has 0 N–H and O–H groups in total. The van der Waals surface area contributed by atoms with Crippen LogP contribution in [0.2, 0.25) is 0 Å². The van der Waals surface area contributed by atoms with E-state index in [2.05, 4.69) is 9.97 Å². The highest BCUT2D eigenvalue weighted by Crippen LogP contribution is 2.36. The number of imidazole rings is 1. The Morgan fingerprint density at radius 3 is 2.66 bits per heavy atom. The minimum atomic E-state index is -0.759. The predicted molar refractivity (Wildman–Crippen MR) is 128 cm³/mol. The van der Waals surface area contributed by atoms with Gasteiger partial charge in [-0.2, -0.15) is 5.26 Å². The van der Waals surface area contributed by atoms with Crippen molar-refractivity contribution in [2.24, 2.45) is 0 Å². The lowest BCUT2D eigenvalue weighted by atomic mass is 10.1. The fourth-order valence-corrected chi connectivity index (χ4v) is 4.36. The summed E-state index contributed by atoms with van der Waals surface area (Å²) in [7, 11) is 1.59. The molecule has 0 radical (unpaired) electrons. The molecular weight excluding hydrogens is 450 g/mol. The van der Waals surface area contributed by atoms with E-state index >= 15 is 0 Å². The molecule has 0 amide bonds. The van der Waals surface area contributed by atoms with Gasteiger partial charge in [-0.1, -0.05) is 12.1 Å². The summed E-state index contributed by atoms with van der Waals surface area (Å²) < 4.78 is 42.1. The van der Waals surface area contributed by atoms with Crippen LogP contribution in [-0.4, -0.2) is 27.7 Å². The maximum absolute atomic E-state index is 14.9.